The molecule has 0 bridgehead atoms. The molecule has 0 amide bonds. The molecule has 0 aliphatic rings. The Kier molecular flexibility index (Phi) is 28.2. The summed E-state index contributed by atoms with van der Waals surface area (Å²) in [5.74, 6) is 0. The van der Waals surface area contributed by atoms with Gasteiger partial charge in [0, 0.05) is 12.8 Å². The zero-order chi connectivity index (χ0) is 34.1. The van der Waals surface area contributed by atoms with E-state index in [1.807, 2.05) is 0 Å². The summed E-state index contributed by atoms with van der Waals surface area (Å²) in [6.07, 6.45) is 21.5. The summed E-state index contributed by atoms with van der Waals surface area (Å²) in [5, 5.41) is 18.9. The van der Waals surface area contributed by atoms with Crippen molar-refractivity contribution < 1.29 is 24.4 Å². The van der Waals surface area contributed by atoms with E-state index in [4.69, 9.17) is 39.5 Å². The quantitative estimate of drug-likeness (QED) is 0.0279. The van der Waals surface area contributed by atoms with Crippen molar-refractivity contribution in [1.29, 1.82) is 0 Å². The molecule has 0 saturated carbocycles. The maximum atomic E-state index is 9.46. The van der Waals surface area contributed by atoms with Crippen molar-refractivity contribution in [2.24, 2.45) is 0 Å². The Hall–Kier alpha value is 0.576. The third-order valence-corrected chi connectivity index (χ3v) is 10.2. The molecule has 5 nitrogen and oxygen atoms in total. The van der Waals surface area contributed by atoms with Gasteiger partial charge in [-0.1, -0.05) is 139 Å². The molecule has 0 heterocycles. The van der Waals surface area contributed by atoms with Gasteiger partial charge in [-0.05, 0) is 47.9 Å². The molecule has 2 unspecified atom stereocenters. The van der Waals surface area contributed by atoms with Crippen LogP contribution in [0.4, 0.5) is 0 Å². The normalized spacial score (nSPS) is 14.0. The molecule has 0 radical (unpaired) electrons. The van der Waals surface area contributed by atoms with Crippen molar-refractivity contribution in [2.75, 3.05) is 39.6 Å². The molecule has 0 aliphatic carbocycles. The van der Waals surface area contributed by atoms with Crippen LogP contribution in [0.1, 0.15) is 139 Å². The van der Waals surface area contributed by atoms with E-state index in [-0.39, 0.29) is 77.8 Å². The first-order chi connectivity index (χ1) is 22.9. The number of ether oxygens (including phenoxy) is 3. The predicted octanol–water partition coefficient (Wildman–Crippen LogP) is 9.30. The number of hydrogen-bond donors (Lipinski definition) is 4. The third kappa shape index (κ3) is 19.4. The fourth-order valence-corrected chi connectivity index (χ4v) is 6.65. The number of aryl methyl sites for hydroxylation is 2. The average molecular weight is 731 g/mol. The van der Waals surface area contributed by atoms with Crippen molar-refractivity contribution >= 4 is 76.6 Å². The van der Waals surface area contributed by atoms with E-state index in [0.717, 1.165) is 24.0 Å². The summed E-state index contributed by atoms with van der Waals surface area (Å²) in [5.41, 5.74) is 4.59. The van der Waals surface area contributed by atoms with Crippen LogP contribution < -0.4 is 0 Å². The molecule has 0 aliphatic heterocycles. The van der Waals surface area contributed by atoms with Crippen molar-refractivity contribution in [3.05, 3.63) is 70.8 Å². The Bertz CT molecular complexity index is 944. The van der Waals surface area contributed by atoms with Gasteiger partial charge in [-0.25, -0.2) is 0 Å². The van der Waals surface area contributed by atoms with Gasteiger partial charge in [0.15, 0.2) is 0 Å². The Balaban J connectivity index is 0.0000115. The van der Waals surface area contributed by atoms with E-state index >= 15 is 0 Å². The zero-order valence-electron chi connectivity index (χ0n) is 29.6. The zero-order valence-corrected chi connectivity index (χ0v) is 31.4. The first-order valence-corrected chi connectivity index (χ1v) is 19.5. The summed E-state index contributed by atoms with van der Waals surface area (Å²) in [6.45, 7) is 5.63. The molecule has 2 aromatic carbocycles. The van der Waals surface area contributed by atoms with E-state index in [2.05, 4.69) is 62.4 Å². The number of thiol groups is 2. The summed E-state index contributed by atoms with van der Waals surface area (Å²) in [4.78, 5) is -1.73. The third-order valence-electron chi connectivity index (χ3n) is 8.98. The fourth-order valence-electron chi connectivity index (χ4n) is 5.99. The van der Waals surface area contributed by atoms with Crippen LogP contribution in [0.5, 0.6) is 0 Å². The van der Waals surface area contributed by atoms with Gasteiger partial charge in [0.25, 0.3) is 0 Å². The van der Waals surface area contributed by atoms with Crippen LogP contribution in [0.25, 0.3) is 0 Å². The van der Waals surface area contributed by atoms with E-state index in [0.29, 0.717) is 26.1 Å². The van der Waals surface area contributed by atoms with E-state index in [1.54, 1.807) is 0 Å². The predicted molar refractivity (Wildman–Crippen MR) is 211 cm³/mol. The van der Waals surface area contributed by atoms with Crippen LogP contribution in [0.2, 0.25) is 0 Å². The number of hydrogen-bond acceptors (Lipinski definition) is 7. The van der Waals surface area contributed by atoms with Crippen LogP contribution in [0.3, 0.4) is 0 Å². The SMILES string of the molecule is CCCCCCCCCc1ccc(C(S)(CCOCCC(S)(OCCO)c2ccc(CCCCCCCCC)cc2)OCCO)cc1.[KH]. The Morgan fingerprint density at radius 3 is 1.17 bits per heavy atom. The summed E-state index contributed by atoms with van der Waals surface area (Å²) >= 11 is 9.89. The molecule has 0 fully saturated rings. The second-order valence-corrected chi connectivity index (χ2v) is 14.4. The number of rotatable bonds is 30. The molecule has 270 valence electrons. The van der Waals surface area contributed by atoms with E-state index in [1.165, 1.54) is 101 Å². The Morgan fingerprint density at radius 2 is 0.833 bits per heavy atom. The van der Waals surface area contributed by atoms with Crippen LogP contribution >= 0.6 is 25.3 Å². The minimum absolute atomic E-state index is 0. The van der Waals surface area contributed by atoms with Gasteiger partial charge in [0.05, 0.1) is 39.6 Å². The Morgan fingerprint density at radius 1 is 0.500 bits per heavy atom. The molecular weight excluding hydrogens is 664 g/mol. The molecule has 48 heavy (non-hydrogen) atoms. The van der Waals surface area contributed by atoms with Crippen LogP contribution in [-0.4, -0.2) is 101 Å². The number of aliphatic hydroxyl groups excluding tert-OH is 2. The maximum absolute atomic E-state index is 9.46. The standard InChI is InChI=1S/C40H66O5S2.K.H/c1-3-5-7-9-11-13-15-17-35-19-23-37(24-20-35)39(46,44-33-29-41)27-31-43-32-28-40(47,45-34-30-42)38-25-21-36(22-26-38)18-16-14-12-10-8-6-4-2;;/h19-26,41-42,46-47H,3-18,27-34H2,1-2H3;;. The second kappa shape index (κ2) is 29.1. The molecule has 2 aromatic rings. The van der Waals surface area contributed by atoms with Gasteiger partial charge < -0.3 is 24.4 Å². The van der Waals surface area contributed by atoms with Gasteiger partial charge >= 0.3 is 51.4 Å². The van der Waals surface area contributed by atoms with Gasteiger partial charge in [0.1, 0.15) is 9.87 Å². The van der Waals surface area contributed by atoms with E-state index in [9.17, 15) is 10.2 Å². The van der Waals surface area contributed by atoms with Gasteiger partial charge in [-0.3, -0.25) is 0 Å². The topological polar surface area (TPSA) is 68.2 Å². The van der Waals surface area contributed by atoms with E-state index < -0.39 is 9.87 Å². The number of aliphatic hydroxyl groups is 2. The average Bonchev–Trinajstić information content (AvgIpc) is 3.09. The fraction of sp³-hybridized carbons (Fsp3) is 0.700. The molecule has 0 saturated heterocycles. The first kappa shape index (κ1) is 46.6. The summed E-state index contributed by atoms with van der Waals surface area (Å²) in [6, 6.07) is 17.1. The van der Waals surface area contributed by atoms with Crippen LogP contribution in [0.15, 0.2) is 48.5 Å². The molecule has 0 aromatic heterocycles. The van der Waals surface area contributed by atoms with Crippen molar-refractivity contribution in [3.63, 3.8) is 0 Å². The minimum atomic E-state index is -0.864. The molecular formula is C40H67KO5S2. The summed E-state index contributed by atoms with van der Waals surface area (Å²) < 4.78 is 18.2. The number of benzene rings is 2. The van der Waals surface area contributed by atoms with Crippen molar-refractivity contribution in [1.82, 2.24) is 0 Å². The second-order valence-electron chi connectivity index (χ2n) is 13.0. The van der Waals surface area contributed by atoms with Crippen molar-refractivity contribution in [2.45, 2.75) is 139 Å². The van der Waals surface area contributed by atoms with Gasteiger partial charge in [-0.2, -0.15) is 0 Å². The number of unbranched alkanes of at least 4 members (excludes halogenated alkanes) is 12. The summed E-state index contributed by atoms with van der Waals surface area (Å²) in [7, 11) is 0. The molecule has 0 spiro atoms. The van der Waals surface area contributed by atoms with Crippen LogP contribution in [0, 0.1) is 0 Å². The van der Waals surface area contributed by atoms with Gasteiger partial charge in [0.2, 0.25) is 0 Å². The molecule has 2 rings (SSSR count). The first-order valence-electron chi connectivity index (χ1n) is 18.6. The Labute approximate surface area is 347 Å². The van der Waals surface area contributed by atoms with Gasteiger partial charge in [-0.15, -0.1) is 25.3 Å². The van der Waals surface area contributed by atoms with Crippen molar-refractivity contribution in [3.8, 4) is 0 Å². The molecule has 8 heteroatoms. The molecule has 2 atom stereocenters. The van der Waals surface area contributed by atoms with Crippen LogP contribution in [-0.2, 0) is 36.9 Å². The molecule has 2 N–H and O–H groups in total. The monoisotopic (exact) mass is 730 g/mol.